The maximum Gasteiger partial charge on any atom is 0.328 e. The Morgan fingerprint density at radius 3 is 2.48 bits per heavy atom. The van der Waals surface area contributed by atoms with E-state index in [2.05, 4.69) is 5.32 Å². The van der Waals surface area contributed by atoms with E-state index in [0.717, 1.165) is 10.6 Å². The molecule has 9 heteroatoms. The molecule has 0 aliphatic rings. The number of nitrogen functional groups attached to an aromatic ring is 1. The molecule has 1 aromatic carbocycles. The first-order valence-corrected chi connectivity index (χ1v) is 6.46. The standard InChI is InChI=1S/C12H10Cl2N4O3/c13-7-3-6(4-8(14)11(7)15)16-10(20)5-18-2-1-9(19)17-12(18)21/h1-4H,5,15H2,(H,16,20)(H,17,19,21). The predicted molar refractivity (Wildman–Crippen MR) is 80.8 cm³/mol. The molecule has 7 nitrogen and oxygen atoms in total. The van der Waals surface area contributed by atoms with Crippen molar-refractivity contribution in [2.75, 3.05) is 11.1 Å². The highest BCUT2D eigenvalue weighted by Gasteiger charge is 2.09. The minimum Gasteiger partial charge on any atom is -0.396 e. The molecular formula is C12H10Cl2N4O3. The van der Waals surface area contributed by atoms with E-state index in [1.165, 1.54) is 18.3 Å². The summed E-state index contributed by atoms with van der Waals surface area (Å²) in [6.45, 7) is -0.269. The van der Waals surface area contributed by atoms with Crippen molar-refractivity contribution in [3.63, 3.8) is 0 Å². The SMILES string of the molecule is Nc1c(Cl)cc(NC(=O)Cn2ccc(=O)[nH]c2=O)cc1Cl. The van der Waals surface area contributed by atoms with Crippen LogP contribution in [0.15, 0.2) is 34.0 Å². The summed E-state index contributed by atoms with van der Waals surface area (Å²) in [4.78, 5) is 36.3. The van der Waals surface area contributed by atoms with Crippen LogP contribution >= 0.6 is 23.2 Å². The monoisotopic (exact) mass is 328 g/mol. The van der Waals surface area contributed by atoms with Crippen LogP contribution in [0, 0.1) is 0 Å². The predicted octanol–water partition coefficient (Wildman–Crippen LogP) is 1.06. The normalized spacial score (nSPS) is 10.4. The van der Waals surface area contributed by atoms with E-state index < -0.39 is 17.2 Å². The van der Waals surface area contributed by atoms with Gasteiger partial charge in [-0.1, -0.05) is 23.2 Å². The molecular weight excluding hydrogens is 319 g/mol. The fraction of sp³-hybridized carbons (Fsp3) is 0.0833. The van der Waals surface area contributed by atoms with Crippen molar-refractivity contribution in [1.82, 2.24) is 9.55 Å². The molecule has 0 aliphatic heterocycles. The number of hydrogen-bond acceptors (Lipinski definition) is 4. The molecule has 2 aromatic rings. The number of hydrogen-bond donors (Lipinski definition) is 3. The van der Waals surface area contributed by atoms with Crippen molar-refractivity contribution in [3.05, 3.63) is 55.3 Å². The van der Waals surface area contributed by atoms with Crippen molar-refractivity contribution in [2.45, 2.75) is 6.54 Å². The van der Waals surface area contributed by atoms with E-state index in [1.54, 1.807) is 0 Å². The largest absolute Gasteiger partial charge is 0.396 e. The molecule has 0 radical (unpaired) electrons. The number of aromatic nitrogens is 2. The number of nitrogens with one attached hydrogen (secondary N) is 2. The van der Waals surface area contributed by atoms with Gasteiger partial charge in [0.15, 0.2) is 0 Å². The first kappa shape index (κ1) is 15.1. The lowest BCUT2D eigenvalue weighted by Gasteiger charge is -2.09. The van der Waals surface area contributed by atoms with Gasteiger partial charge in [0, 0.05) is 18.0 Å². The summed E-state index contributed by atoms with van der Waals surface area (Å²) in [6.07, 6.45) is 1.23. The Morgan fingerprint density at radius 2 is 1.90 bits per heavy atom. The van der Waals surface area contributed by atoms with Gasteiger partial charge < -0.3 is 11.1 Å². The maximum atomic E-state index is 11.8. The van der Waals surface area contributed by atoms with Gasteiger partial charge in [-0.25, -0.2) is 4.79 Å². The molecule has 0 saturated heterocycles. The van der Waals surface area contributed by atoms with E-state index in [1.807, 2.05) is 4.98 Å². The number of carbonyl (C=O) groups excluding carboxylic acids is 1. The summed E-state index contributed by atoms with van der Waals surface area (Å²) in [5.74, 6) is -0.485. The number of benzene rings is 1. The van der Waals surface area contributed by atoms with E-state index in [-0.39, 0.29) is 22.3 Å². The summed E-state index contributed by atoms with van der Waals surface area (Å²) >= 11 is 11.7. The number of anilines is 2. The number of amides is 1. The summed E-state index contributed by atoms with van der Waals surface area (Å²) in [5.41, 5.74) is 4.94. The number of aromatic amines is 1. The van der Waals surface area contributed by atoms with Gasteiger partial charge in [0.2, 0.25) is 5.91 Å². The molecule has 0 atom stereocenters. The van der Waals surface area contributed by atoms with Crippen LogP contribution in [0.5, 0.6) is 0 Å². The van der Waals surface area contributed by atoms with E-state index >= 15 is 0 Å². The first-order valence-electron chi connectivity index (χ1n) is 5.71. The van der Waals surface area contributed by atoms with Crippen LogP contribution in [-0.4, -0.2) is 15.5 Å². The average molecular weight is 329 g/mol. The minimum absolute atomic E-state index is 0.207. The van der Waals surface area contributed by atoms with Crippen LogP contribution in [0.4, 0.5) is 11.4 Å². The van der Waals surface area contributed by atoms with Crippen molar-refractivity contribution < 1.29 is 4.79 Å². The Balaban J connectivity index is 2.15. The third-order valence-corrected chi connectivity index (χ3v) is 3.20. The van der Waals surface area contributed by atoms with Crippen LogP contribution in [0.3, 0.4) is 0 Å². The minimum atomic E-state index is -0.675. The Bertz CT molecular complexity index is 790. The van der Waals surface area contributed by atoms with Gasteiger partial charge in [-0.3, -0.25) is 19.1 Å². The molecule has 0 bridgehead atoms. The molecule has 21 heavy (non-hydrogen) atoms. The van der Waals surface area contributed by atoms with E-state index in [4.69, 9.17) is 28.9 Å². The molecule has 1 amide bonds. The maximum absolute atomic E-state index is 11.8. The van der Waals surface area contributed by atoms with Gasteiger partial charge >= 0.3 is 5.69 Å². The molecule has 1 aromatic heterocycles. The zero-order valence-corrected chi connectivity index (χ0v) is 12.0. The Labute approximate surface area is 128 Å². The number of nitrogens with two attached hydrogens (primary N) is 1. The van der Waals surface area contributed by atoms with Gasteiger partial charge in [0.1, 0.15) is 6.54 Å². The molecule has 0 saturated carbocycles. The van der Waals surface area contributed by atoms with Gasteiger partial charge in [0.25, 0.3) is 5.56 Å². The fourth-order valence-corrected chi connectivity index (χ4v) is 2.07. The second kappa shape index (κ2) is 6.02. The molecule has 2 rings (SSSR count). The summed E-state index contributed by atoms with van der Waals surface area (Å²) < 4.78 is 1.05. The molecule has 110 valence electrons. The number of nitrogens with zero attached hydrogens (tertiary/aromatic N) is 1. The first-order chi connectivity index (χ1) is 9.86. The van der Waals surface area contributed by atoms with E-state index in [0.29, 0.717) is 5.69 Å². The highest BCUT2D eigenvalue weighted by molar-refractivity contribution is 6.39. The third-order valence-electron chi connectivity index (χ3n) is 2.57. The second-order valence-electron chi connectivity index (χ2n) is 4.14. The van der Waals surface area contributed by atoms with Crippen LogP contribution in [0.2, 0.25) is 10.0 Å². The van der Waals surface area contributed by atoms with Gasteiger partial charge in [-0.05, 0) is 12.1 Å². The van der Waals surface area contributed by atoms with Crippen LogP contribution < -0.4 is 22.3 Å². The molecule has 0 aliphatic carbocycles. The Hall–Kier alpha value is -2.25. The second-order valence-corrected chi connectivity index (χ2v) is 4.95. The number of rotatable bonds is 3. The number of H-pyrrole nitrogens is 1. The lowest BCUT2D eigenvalue weighted by molar-refractivity contribution is -0.116. The molecule has 1 heterocycles. The lowest BCUT2D eigenvalue weighted by Crippen LogP contribution is -2.32. The number of halogens is 2. The topological polar surface area (TPSA) is 110 Å². The van der Waals surface area contributed by atoms with Crippen LogP contribution in [-0.2, 0) is 11.3 Å². The van der Waals surface area contributed by atoms with E-state index in [9.17, 15) is 14.4 Å². The lowest BCUT2D eigenvalue weighted by atomic mass is 10.3. The van der Waals surface area contributed by atoms with Crippen molar-refractivity contribution in [1.29, 1.82) is 0 Å². The number of carbonyl (C=O) groups is 1. The van der Waals surface area contributed by atoms with Gasteiger partial charge in [0.05, 0.1) is 15.7 Å². The summed E-state index contributed by atoms with van der Waals surface area (Å²) in [6, 6.07) is 4.03. The fourth-order valence-electron chi connectivity index (χ4n) is 1.58. The quantitative estimate of drug-likeness (QED) is 0.732. The molecule has 0 fully saturated rings. The Morgan fingerprint density at radius 1 is 1.29 bits per heavy atom. The zero-order chi connectivity index (χ0) is 15.6. The van der Waals surface area contributed by atoms with Crippen molar-refractivity contribution >= 4 is 40.5 Å². The Kier molecular flexibility index (Phi) is 4.35. The summed E-state index contributed by atoms with van der Waals surface area (Å²) in [7, 11) is 0. The van der Waals surface area contributed by atoms with Crippen molar-refractivity contribution in [3.8, 4) is 0 Å². The summed E-state index contributed by atoms with van der Waals surface area (Å²) in [5, 5.41) is 2.94. The zero-order valence-electron chi connectivity index (χ0n) is 10.5. The van der Waals surface area contributed by atoms with Gasteiger partial charge in [-0.15, -0.1) is 0 Å². The average Bonchev–Trinajstić information content (AvgIpc) is 2.39. The molecule has 0 unspecified atom stereocenters. The van der Waals surface area contributed by atoms with Crippen molar-refractivity contribution in [2.24, 2.45) is 0 Å². The third kappa shape index (κ3) is 3.65. The highest BCUT2D eigenvalue weighted by atomic mass is 35.5. The molecule has 4 N–H and O–H groups in total. The van der Waals surface area contributed by atoms with Crippen LogP contribution in [0.1, 0.15) is 0 Å². The smallest absolute Gasteiger partial charge is 0.328 e. The molecule has 0 spiro atoms. The van der Waals surface area contributed by atoms with Gasteiger partial charge in [-0.2, -0.15) is 0 Å². The van der Waals surface area contributed by atoms with Crippen LogP contribution in [0.25, 0.3) is 0 Å². The highest BCUT2D eigenvalue weighted by Crippen LogP contribution is 2.30.